The molecular formula is C14H14BrF2N3S3. The molecule has 0 bridgehead atoms. The SMILES string of the molecule is C[C@H](F)[C@H](N)Cc1sc2c(NCc3ccc(F)s3)snc2c1Br. The Labute approximate surface area is 152 Å². The summed E-state index contributed by atoms with van der Waals surface area (Å²) in [6, 6.07) is 2.70. The normalized spacial score (nSPS) is 14.3. The minimum Gasteiger partial charge on any atom is -0.370 e. The highest BCUT2D eigenvalue weighted by Crippen LogP contribution is 2.42. The molecule has 124 valence electrons. The second-order valence-corrected chi connectivity index (χ2v) is 8.92. The number of nitrogens with zero attached hydrogens (tertiary/aromatic N) is 1. The number of nitrogens with one attached hydrogen (secondary N) is 1. The van der Waals surface area contributed by atoms with Crippen molar-refractivity contribution in [3.8, 4) is 0 Å². The van der Waals surface area contributed by atoms with Crippen LogP contribution in [0.1, 0.15) is 16.7 Å². The number of hydrogen-bond acceptors (Lipinski definition) is 6. The third-order valence-corrected chi connectivity index (χ3v) is 7.53. The van der Waals surface area contributed by atoms with Gasteiger partial charge in [-0.3, -0.25) is 0 Å². The Bertz CT molecular complexity index is 812. The molecule has 9 heteroatoms. The van der Waals surface area contributed by atoms with Crippen LogP contribution in [0.15, 0.2) is 16.6 Å². The molecule has 23 heavy (non-hydrogen) atoms. The Kier molecular flexibility index (Phi) is 5.32. The molecule has 0 aliphatic heterocycles. The molecule has 0 saturated carbocycles. The number of nitrogens with two attached hydrogens (primary N) is 1. The zero-order valence-electron chi connectivity index (χ0n) is 12.1. The lowest BCUT2D eigenvalue weighted by molar-refractivity contribution is 0.305. The second kappa shape index (κ2) is 7.10. The molecule has 2 atom stereocenters. The summed E-state index contributed by atoms with van der Waals surface area (Å²) in [4.78, 5) is 1.92. The highest BCUT2D eigenvalue weighted by atomic mass is 79.9. The van der Waals surface area contributed by atoms with Gasteiger partial charge in [-0.25, -0.2) is 4.39 Å². The molecular weight excluding hydrogens is 424 g/mol. The van der Waals surface area contributed by atoms with Gasteiger partial charge < -0.3 is 11.1 Å². The van der Waals surface area contributed by atoms with Crippen molar-refractivity contribution in [3.63, 3.8) is 0 Å². The molecule has 0 amide bonds. The maximum absolute atomic E-state index is 13.3. The third-order valence-electron chi connectivity index (χ3n) is 3.39. The van der Waals surface area contributed by atoms with E-state index in [1.165, 1.54) is 24.5 Å². The van der Waals surface area contributed by atoms with Crippen molar-refractivity contribution < 1.29 is 8.78 Å². The zero-order valence-corrected chi connectivity index (χ0v) is 16.1. The maximum Gasteiger partial charge on any atom is 0.176 e. The summed E-state index contributed by atoms with van der Waals surface area (Å²) in [6.07, 6.45) is -0.583. The number of alkyl halides is 1. The molecule has 0 unspecified atom stereocenters. The van der Waals surface area contributed by atoms with E-state index in [0.717, 1.165) is 40.8 Å². The van der Waals surface area contributed by atoms with Gasteiger partial charge >= 0.3 is 0 Å². The van der Waals surface area contributed by atoms with E-state index in [1.807, 2.05) is 0 Å². The monoisotopic (exact) mass is 437 g/mol. The number of fused-ring (bicyclic) bond motifs is 1. The number of halogens is 3. The summed E-state index contributed by atoms with van der Waals surface area (Å²) in [5, 5.41) is 4.05. The molecule has 0 aliphatic carbocycles. The lowest BCUT2D eigenvalue weighted by Crippen LogP contribution is -2.31. The highest BCUT2D eigenvalue weighted by Gasteiger charge is 2.20. The van der Waals surface area contributed by atoms with Crippen molar-refractivity contribution in [1.29, 1.82) is 0 Å². The molecule has 0 aromatic carbocycles. The van der Waals surface area contributed by atoms with Gasteiger partial charge in [0.2, 0.25) is 0 Å². The zero-order chi connectivity index (χ0) is 16.6. The van der Waals surface area contributed by atoms with Crippen molar-refractivity contribution in [2.75, 3.05) is 5.32 Å². The fourth-order valence-corrected chi connectivity index (χ4v) is 5.75. The van der Waals surface area contributed by atoms with E-state index in [1.54, 1.807) is 17.4 Å². The van der Waals surface area contributed by atoms with E-state index in [-0.39, 0.29) is 5.13 Å². The van der Waals surface area contributed by atoms with Crippen LogP contribution >= 0.6 is 50.1 Å². The van der Waals surface area contributed by atoms with Gasteiger partial charge in [0.25, 0.3) is 0 Å². The van der Waals surface area contributed by atoms with Crippen molar-refractivity contribution in [2.45, 2.75) is 32.1 Å². The van der Waals surface area contributed by atoms with Gasteiger partial charge in [0.1, 0.15) is 16.7 Å². The lowest BCUT2D eigenvalue weighted by Gasteiger charge is -2.11. The Morgan fingerprint density at radius 2 is 2.17 bits per heavy atom. The van der Waals surface area contributed by atoms with Crippen LogP contribution in [0.5, 0.6) is 0 Å². The summed E-state index contributed by atoms with van der Waals surface area (Å²) in [5.74, 6) is 0. The fourth-order valence-electron chi connectivity index (χ4n) is 2.05. The lowest BCUT2D eigenvalue weighted by atomic mass is 10.1. The summed E-state index contributed by atoms with van der Waals surface area (Å²) in [6.45, 7) is 2.02. The summed E-state index contributed by atoms with van der Waals surface area (Å²) in [5.41, 5.74) is 6.70. The van der Waals surface area contributed by atoms with Crippen LogP contribution in [0, 0.1) is 5.13 Å². The van der Waals surface area contributed by atoms with Crippen molar-refractivity contribution in [1.82, 2.24) is 4.37 Å². The van der Waals surface area contributed by atoms with Crippen molar-refractivity contribution >= 4 is 65.4 Å². The Hall–Kier alpha value is -0.610. The van der Waals surface area contributed by atoms with Crippen LogP contribution in [-0.2, 0) is 13.0 Å². The van der Waals surface area contributed by atoms with E-state index in [9.17, 15) is 8.78 Å². The van der Waals surface area contributed by atoms with E-state index >= 15 is 0 Å². The van der Waals surface area contributed by atoms with Gasteiger partial charge in [-0.05, 0) is 46.5 Å². The molecule has 0 aliphatic rings. The van der Waals surface area contributed by atoms with Crippen LogP contribution in [0.3, 0.4) is 0 Å². The first-order valence-electron chi connectivity index (χ1n) is 6.90. The molecule has 3 N–H and O–H groups in total. The van der Waals surface area contributed by atoms with Gasteiger partial charge in [-0.2, -0.15) is 8.76 Å². The third kappa shape index (κ3) is 3.74. The molecule has 0 spiro atoms. The number of anilines is 1. The van der Waals surface area contributed by atoms with Crippen LogP contribution in [-0.4, -0.2) is 16.6 Å². The summed E-state index contributed by atoms with van der Waals surface area (Å²) < 4.78 is 32.7. The molecule has 3 nitrogen and oxygen atoms in total. The molecule has 0 radical (unpaired) electrons. The first-order chi connectivity index (χ1) is 11.0. The van der Waals surface area contributed by atoms with Gasteiger partial charge in [-0.15, -0.1) is 22.7 Å². The quantitative estimate of drug-likeness (QED) is 0.559. The van der Waals surface area contributed by atoms with Gasteiger partial charge in [-0.1, -0.05) is 0 Å². The minimum atomic E-state index is -1.06. The van der Waals surface area contributed by atoms with Gasteiger partial charge in [0.15, 0.2) is 5.13 Å². The van der Waals surface area contributed by atoms with E-state index < -0.39 is 12.2 Å². The number of rotatable bonds is 6. The Morgan fingerprint density at radius 3 is 2.83 bits per heavy atom. The highest BCUT2D eigenvalue weighted by molar-refractivity contribution is 9.10. The molecule has 0 saturated heterocycles. The molecule has 0 fully saturated rings. The van der Waals surface area contributed by atoms with E-state index in [0.29, 0.717) is 13.0 Å². The summed E-state index contributed by atoms with van der Waals surface area (Å²) in [7, 11) is 0. The van der Waals surface area contributed by atoms with Gasteiger partial charge in [0, 0.05) is 22.2 Å². The Balaban J connectivity index is 1.79. The smallest absolute Gasteiger partial charge is 0.176 e. The van der Waals surface area contributed by atoms with Crippen molar-refractivity contribution in [2.24, 2.45) is 5.73 Å². The van der Waals surface area contributed by atoms with E-state index in [2.05, 4.69) is 25.6 Å². The molecule has 3 rings (SSSR count). The summed E-state index contributed by atoms with van der Waals surface area (Å²) >= 11 is 7.60. The number of thiophene rings is 2. The maximum atomic E-state index is 13.3. The first-order valence-corrected chi connectivity index (χ1v) is 10.1. The predicted molar refractivity (Wildman–Crippen MR) is 99.1 cm³/mol. The van der Waals surface area contributed by atoms with Crippen LogP contribution in [0.2, 0.25) is 0 Å². The largest absolute Gasteiger partial charge is 0.370 e. The fraction of sp³-hybridized carbons (Fsp3) is 0.357. The van der Waals surface area contributed by atoms with E-state index in [4.69, 9.17) is 5.73 Å². The topological polar surface area (TPSA) is 50.9 Å². The number of hydrogen-bond donors (Lipinski definition) is 2. The standard InChI is InChI=1S/C14H14BrF2N3S3/c1-6(16)8(18)4-9-11(15)12-13(22-9)14(23-20-12)19-5-7-2-3-10(17)21-7/h2-3,6,8,19H,4-5,18H2,1H3/t6-,8+/m0/s1. The average molecular weight is 438 g/mol. The Morgan fingerprint density at radius 1 is 1.39 bits per heavy atom. The molecule has 3 aromatic rings. The second-order valence-electron chi connectivity index (χ2n) is 5.13. The predicted octanol–water partition coefficient (Wildman–Crippen LogP) is 5.16. The van der Waals surface area contributed by atoms with Crippen LogP contribution < -0.4 is 11.1 Å². The van der Waals surface area contributed by atoms with Crippen LogP contribution in [0.4, 0.5) is 13.8 Å². The van der Waals surface area contributed by atoms with Crippen LogP contribution in [0.25, 0.3) is 10.2 Å². The number of aromatic nitrogens is 1. The molecule has 3 aromatic heterocycles. The van der Waals surface area contributed by atoms with Crippen molar-refractivity contribution in [3.05, 3.63) is 31.5 Å². The minimum absolute atomic E-state index is 0.188. The molecule has 3 heterocycles. The van der Waals surface area contributed by atoms with Gasteiger partial charge in [0.05, 0.1) is 15.7 Å². The first kappa shape index (κ1) is 17.2. The average Bonchev–Trinajstić information content (AvgIpc) is 3.16.